The van der Waals surface area contributed by atoms with Gasteiger partial charge in [0.05, 0.1) is 0 Å². The predicted molar refractivity (Wildman–Crippen MR) is 53.9 cm³/mol. The van der Waals surface area contributed by atoms with E-state index in [4.69, 9.17) is 5.73 Å². The maximum absolute atomic E-state index is 11.3. The number of nitrogens with zero attached hydrogens (tertiary/aromatic N) is 2. The standard InChI is InChI=1S/C9H16N4O2/c1-2-7(10)5-9(14)11-4-3-8-12-6-15-13-8/h6-7H,2-5,10H2,1H3,(H,11,14). The van der Waals surface area contributed by atoms with E-state index in [1.54, 1.807) is 0 Å². The fraction of sp³-hybridized carbons (Fsp3) is 0.667. The number of amides is 1. The average Bonchev–Trinajstić information content (AvgIpc) is 2.70. The first-order chi connectivity index (χ1) is 7.22. The first-order valence-electron chi connectivity index (χ1n) is 5.00. The van der Waals surface area contributed by atoms with E-state index in [9.17, 15) is 4.79 Å². The summed E-state index contributed by atoms with van der Waals surface area (Å²) >= 11 is 0. The van der Waals surface area contributed by atoms with Crippen molar-refractivity contribution in [2.24, 2.45) is 5.73 Å². The van der Waals surface area contributed by atoms with Crippen LogP contribution in [0.5, 0.6) is 0 Å². The lowest BCUT2D eigenvalue weighted by Gasteiger charge is -2.08. The van der Waals surface area contributed by atoms with Crippen molar-refractivity contribution in [2.75, 3.05) is 6.54 Å². The number of hydrogen-bond donors (Lipinski definition) is 2. The van der Waals surface area contributed by atoms with Crippen LogP contribution in [0.25, 0.3) is 0 Å². The molecule has 0 radical (unpaired) electrons. The molecule has 6 heteroatoms. The third kappa shape index (κ3) is 4.55. The molecular formula is C9H16N4O2. The summed E-state index contributed by atoms with van der Waals surface area (Å²) in [5.74, 6) is 0.558. The minimum Gasteiger partial charge on any atom is -0.356 e. The lowest BCUT2D eigenvalue weighted by Crippen LogP contribution is -2.32. The van der Waals surface area contributed by atoms with E-state index >= 15 is 0 Å². The number of rotatable bonds is 6. The Balaban J connectivity index is 2.12. The highest BCUT2D eigenvalue weighted by Crippen LogP contribution is 1.93. The number of hydrogen-bond acceptors (Lipinski definition) is 5. The molecule has 0 aromatic carbocycles. The Kier molecular flexibility index (Phi) is 4.76. The van der Waals surface area contributed by atoms with E-state index in [0.29, 0.717) is 25.2 Å². The maximum Gasteiger partial charge on any atom is 0.221 e. The van der Waals surface area contributed by atoms with Crippen LogP contribution in [-0.2, 0) is 11.2 Å². The van der Waals surface area contributed by atoms with Crippen LogP contribution in [-0.4, -0.2) is 28.6 Å². The summed E-state index contributed by atoms with van der Waals surface area (Å²) in [5.41, 5.74) is 5.64. The SMILES string of the molecule is CCC(N)CC(=O)NCCc1ncon1. The van der Waals surface area contributed by atoms with E-state index < -0.39 is 0 Å². The molecule has 1 atom stereocenters. The molecule has 84 valence electrons. The van der Waals surface area contributed by atoms with Crippen LogP contribution in [0, 0.1) is 0 Å². The normalized spacial score (nSPS) is 12.4. The average molecular weight is 212 g/mol. The van der Waals surface area contributed by atoms with Gasteiger partial charge in [-0.1, -0.05) is 12.1 Å². The molecule has 0 saturated carbocycles. The summed E-state index contributed by atoms with van der Waals surface area (Å²) < 4.78 is 4.56. The molecule has 0 fully saturated rings. The third-order valence-electron chi connectivity index (χ3n) is 2.05. The zero-order valence-electron chi connectivity index (χ0n) is 8.77. The fourth-order valence-electron chi connectivity index (χ4n) is 1.07. The molecule has 1 aromatic heterocycles. The molecule has 6 nitrogen and oxygen atoms in total. The Morgan fingerprint density at radius 2 is 2.53 bits per heavy atom. The smallest absolute Gasteiger partial charge is 0.221 e. The van der Waals surface area contributed by atoms with Crippen molar-refractivity contribution in [3.8, 4) is 0 Å². The molecule has 1 amide bonds. The van der Waals surface area contributed by atoms with Crippen LogP contribution < -0.4 is 11.1 Å². The van der Waals surface area contributed by atoms with Gasteiger partial charge in [0.25, 0.3) is 0 Å². The molecule has 0 saturated heterocycles. The number of nitrogens with one attached hydrogen (secondary N) is 1. The molecule has 0 spiro atoms. The van der Waals surface area contributed by atoms with Gasteiger partial charge in [-0.2, -0.15) is 4.98 Å². The molecule has 1 heterocycles. The van der Waals surface area contributed by atoms with Gasteiger partial charge < -0.3 is 15.6 Å². The Labute approximate surface area is 88.2 Å². The van der Waals surface area contributed by atoms with E-state index in [0.717, 1.165) is 6.42 Å². The van der Waals surface area contributed by atoms with Gasteiger partial charge >= 0.3 is 0 Å². The first kappa shape index (κ1) is 11.6. The number of carbonyl (C=O) groups excluding carboxylic acids is 1. The summed E-state index contributed by atoms with van der Waals surface area (Å²) in [4.78, 5) is 15.1. The zero-order chi connectivity index (χ0) is 11.1. The second kappa shape index (κ2) is 6.13. The Morgan fingerprint density at radius 3 is 3.13 bits per heavy atom. The summed E-state index contributed by atoms with van der Waals surface area (Å²) in [6.07, 6.45) is 3.01. The number of aromatic nitrogens is 2. The van der Waals surface area contributed by atoms with E-state index in [1.165, 1.54) is 6.39 Å². The summed E-state index contributed by atoms with van der Waals surface area (Å²) in [7, 11) is 0. The highest BCUT2D eigenvalue weighted by molar-refractivity contribution is 5.76. The highest BCUT2D eigenvalue weighted by atomic mass is 16.5. The van der Waals surface area contributed by atoms with E-state index in [1.807, 2.05) is 6.92 Å². The van der Waals surface area contributed by atoms with Crippen molar-refractivity contribution in [1.82, 2.24) is 15.5 Å². The van der Waals surface area contributed by atoms with Gasteiger partial charge in [0, 0.05) is 25.4 Å². The summed E-state index contributed by atoms with van der Waals surface area (Å²) in [6, 6.07) is -0.0600. The van der Waals surface area contributed by atoms with Crippen molar-refractivity contribution < 1.29 is 9.32 Å². The summed E-state index contributed by atoms with van der Waals surface area (Å²) in [6.45, 7) is 2.46. The van der Waals surface area contributed by atoms with E-state index in [-0.39, 0.29) is 11.9 Å². The molecular weight excluding hydrogens is 196 g/mol. The van der Waals surface area contributed by atoms with Crippen molar-refractivity contribution >= 4 is 5.91 Å². The highest BCUT2D eigenvalue weighted by Gasteiger charge is 2.07. The lowest BCUT2D eigenvalue weighted by molar-refractivity contribution is -0.121. The second-order valence-electron chi connectivity index (χ2n) is 3.32. The molecule has 0 aliphatic heterocycles. The van der Waals surface area contributed by atoms with Gasteiger partial charge in [-0.25, -0.2) is 0 Å². The molecule has 0 aliphatic rings. The van der Waals surface area contributed by atoms with Crippen LogP contribution >= 0.6 is 0 Å². The molecule has 1 unspecified atom stereocenters. The van der Waals surface area contributed by atoms with Crippen molar-refractivity contribution in [3.63, 3.8) is 0 Å². The predicted octanol–water partition coefficient (Wildman–Crippen LogP) is -0.144. The lowest BCUT2D eigenvalue weighted by atomic mass is 10.1. The Bertz CT molecular complexity index is 286. The zero-order valence-corrected chi connectivity index (χ0v) is 8.77. The minimum atomic E-state index is -0.0600. The monoisotopic (exact) mass is 212 g/mol. The van der Waals surface area contributed by atoms with E-state index in [2.05, 4.69) is 20.0 Å². The number of carbonyl (C=O) groups is 1. The fourth-order valence-corrected chi connectivity index (χ4v) is 1.07. The number of nitrogens with two attached hydrogens (primary N) is 1. The largest absolute Gasteiger partial charge is 0.356 e. The quantitative estimate of drug-likeness (QED) is 0.684. The van der Waals surface area contributed by atoms with Gasteiger partial charge in [-0.3, -0.25) is 4.79 Å². The topological polar surface area (TPSA) is 94.0 Å². The van der Waals surface area contributed by atoms with Crippen molar-refractivity contribution in [1.29, 1.82) is 0 Å². The van der Waals surface area contributed by atoms with Crippen LogP contribution in [0.1, 0.15) is 25.6 Å². The first-order valence-corrected chi connectivity index (χ1v) is 5.00. The molecule has 1 aromatic rings. The summed E-state index contributed by atoms with van der Waals surface area (Å²) in [5, 5.41) is 6.37. The van der Waals surface area contributed by atoms with Crippen LogP contribution in [0.15, 0.2) is 10.9 Å². The molecule has 15 heavy (non-hydrogen) atoms. The third-order valence-corrected chi connectivity index (χ3v) is 2.05. The minimum absolute atomic E-state index is 0.0344. The van der Waals surface area contributed by atoms with Crippen molar-refractivity contribution in [2.45, 2.75) is 32.2 Å². The van der Waals surface area contributed by atoms with Crippen LogP contribution in [0.3, 0.4) is 0 Å². The van der Waals surface area contributed by atoms with Gasteiger partial charge in [-0.05, 0) is 6.42 Å². The molecule has 1 rings (SSSR count). The maximum atomic E-state index is 11.3. The molecule has 3 N–H and O–H groups in total. The van der Waals surface area contributed by atoms with Crippen molar-refractivity contribution in [3.05, 3.63) is 12.2 Å². The van der Waals surface area contributed by atoms with Gasteiger partial charge in [0.1, 0.15) is 0 Å². The Morgan fingerprint density at radius 1 is 1.73 bits per heavy atom. The molecule has 0 aliphatic carbocycles. The van der Waals surface area contributed by atoms with Gasteiger partial charge in [0.15, 0.2) is 5.82 Å². The second-order valence-corrected chi connectivity index (χ2v) is 3.32. The molecule has 0 bridgehead atoms. The Hall–Kier alpha value is -1.43. The van der Waals surface area contributed by atoms with Gasteiger partial charge in [0.2, 0.25) is 12.3 Å². The van der Waals surface area contributed by atoms with Crippen LogP contribution in [0.2, 0.25) is 0 Å². The van der Waals surface area contributed by atoms with Crippen LogP contribution in [0.4, 0.5) is 0 Å². The van der Waals surface area contributed by atoms with Gasteiger partial charge in [-0.15, -0.1) is 0 Å².